The van der Waals surface area contributed by atoms with E-state index >= 15 is 0 Å². The largest absolute Gasteiger partial charge is 0.345 e. The average Bonchev–Trinajstić information content (AvgIpc) is 2.63. The standard InChI is InChI=1S/C24H35NSi/c1-24(2)17-15-20(16-18-24)19-7-9-21(10-8-19)25(3)22-11-13-23(14-12-22)26(4,5)6/h7-14,20H,15-18H2,1-6H3/i20D. The summed E-state index contributed by atoms with van der Waals surface area (Å²) in [7, 11) is 0.868. The molecule has 0 amide bonds. The second kappa shape index (κ2) is 7.23. The monoisotopic (exact) mass is 366 g/mol. The molecule has 1 nitrogen and oxygen atoms in total. The van der Waals surface area contributed by atoms with Gasteiger partial charge in [0, 0.05) is 19.8 Å². The summed E-state index contributed by atoms with van der Waals surface area (Å²) < 4.78 is 8.95. The van der Waals surface area contributed by atoms with Gasteiger partial charge in [0.05, 0.1) is 8.07 Å². The molecule has 26 heavy (non-hydrogen) atoms. The summed E-state index contributed by atoms with van der Waals surface area (Å²) in [6, 6.07) is 17.7. The molecular weight excluding hydrogens is 330 g/mol. The van der Waals surface area contributed by atoms with E-state index in [0.29, 0.717) is 5.41 Å². The van der Waals surface area contributed by atoms with E-state index in [2.05, 4.69) is 94.0 Å². The van der Waals surface area contributed by atoms with Crippen molar-refractivity contribution in [1.82, 2.24) is 0 Å². The first kappa shape index (κ1) is 17.9. The normalized spacial score (nSPS) is 19.7. The summed E-state index contributed by atoms with van der Waals surface area (Å²) in [5.74, 6) is -0.411. The first-order chi connectivity index (χ1) is 12.5. The third kappa shape index (κ3) is 4.40. The zero-order chi connectivity index (χ0) is 19.9. The molecule has 0 N–H and O–H groups in total. The van der Waals surface area contributed by atoms with Gasteiger partial charge in [-0.2, -0.15) is 0 Å². The van der Waals surface area contributed by atoms with Crippen LogP contribution in [0, 0.1) is 5.41 Å². The topological polar surface area (TPSA) is 3.24 Å². The van der Waals surface area contributed by atoms with Crippen LogP contribution < -0.4 is 10.1 Å². The van der Waals surface area contributed by atoms with Crippen molar-refractivity contribution in [3.8, 4) is 0 Å². The summed E-state index contributed by atoms with van der Waals surface area (Å²) in [6.07, 6.45) is 4.21. The highest BCUT2D eigenvalue weighted by molar-refractivity contribution is 6.88. The van der Waals surface area contributed by atoms with E-state index in [0.717, 1.165) is 25.7 Å². The molecule has 2 aromatic carbocycles. The molecule has 2 heteroatoms. The molecule has 140 valence electrons. The van der Waals surface area contributed by atoms with E-state index in [-0.39, 0.29) is 0 Å². The van der Waals surface area contributed by atoms with Crippen molar-refractivity contribution in [1.29, 1.82) is 0 Å². The Morgan fingerprint density at radius 1 is 0.885 bits per heavy atom. The molecule has 0 bridgehead atoms. The maximum Gasteiger partial charge on any atom is 0.0775 e. The lowest BCUT2D eigenvalue weighted by molar-refractivity contribution is 0.224. The number of anilines is 2. The second-order valence-electron chi connectivity index (χ2n) is 9.67. The fraction of sp³-hybridized carbons (Fsp3) is 0.500. The molecule has 1 saturated carbocycles. The maximum absolute atomic E-state index is 8.95. The zero-order valence-electron chi connectivity index (χ0n) is 18.4. The van der Waals surface area contributed by atoms with E-state index in [1.54, 1.807) is 0 Å². The van der Waals surface area contributed by atoms with Gasteiger partial charge >= 0.3 is 0 Å². The van der Waals surface area contributed by atoms with E-state index in [4.69, 9.17) is 1.37 Å². The van der Waals surface area contributed by atoms with Gasteiger partial charge in [0.1, 0.15) is 0 Å². The van der Waals surface area contributed by atoms with E-state index < -0.39 is 14.0 Å². The molecule has 0 spiro atoms. The van der Waals surface area contributed by atoms with Crippen molar-refractivity contribution < 1.29 is 1.37 Å². The fourth-order valence-electron chi connectivity index (χ4n) is 3.77. The van der Waals surface area contributed by atoms with Crippen LogP contribution in [0.1, 0.15) is 52.4 Å². The Bertz CT molecular complexity index is 762. The molecular formula is C24H35NSi. The van der Waals surface area contributed by atoms with Crippen molar-refractivity contribution >= 4 is 24.6 Å². The lowest BCUT2D eigenvalue weighted by Gasteiger charge is -2.34. The van der Waals surface area contributed by atoms with Crippen LogP contribution in [0.15, 0.2) is 48.5 Å². The molecule has 3 rings (SSSR count). The summed E-state index contributed by atoms with van der Waals surface area (Å²) in [6.45, 7) is 11.8. The van der Waals surface area contributed by atoms with E-state index in [1.165, 1.54) is 22.1 Å². The van der Waals surface area contributed by atoms with Gasteiger partial charge in [-0.1, -0.05) is 62.9 Å². The molecule has 0 atom stereocenters. The third-order valence-corrected chi connectivity index (χ3v) is 8.06. The van der Waals surface area contributed by atoms with Crippen molar-refractivity contribution in [2.24, 2.45) is 5.41 Å². The first-order valence-electron chi connectivity index (χ1n) is 10.5. The lowest BCUT2D eigenvalue weighted by atomic mass is 9.71. The van der Waals surface area contributed by atoms with Crippen LogP contribution in [0.2, 0.25) is 19.6 Å². The van der Waals surface area contributed by atoms with Gasteiger partial charge in [0.2, 0.25) is 0 Å². The van der Waals surface area contributed by atoms with Crippen molar-refractivity contribution in [2.45, 2.75) is 65.1 Å². The zero-order valence-corrected chi connectivity index (χ0v) is 18.4. The molecule has 0 heterocycles. The molecule has 0 radical (unpaired) electrons. The van der Waals surface area contributed by atoms with Gasteiger partial charge in [-0.15, -0.1) is 0 Å². The second-order valence-corrected chi connectivity index (χ2v) is 14.7. The Balaban J connectivity index is 1.75. The van der Waals surface area contributed by atoms with Crippen LogP contribution in [0.25, 0.3) is 0 Å². The van der Waals surface area contributed by atoms with Crippen LogP contribution in [0.3, 0.4) is 0 Å². The third-order valence-electron chi connectivity index (χ3n) is 5.99. The van der Waals surface area contributed by atoms with E-state index in [1.807, 2.05) is 0 Å². The molecule has 0 aliphatic heterocycles. The molecule has 1 aliphatic rings. The lowest BCUT2D eigenvalue weighted by Crippen LogP contribution is -2.37. The summed E-state index contributed by atoms with van der Waals surface area (Å²) in [4.78, 5) is 2.23. The average molecular weight is 367 g/mol. The summed E-state index contributed by atoms with van der Waals surface area (Å²) in [5.41, 5.74) is 3.96. The Morgan fingerprint density at radius 3 is 1.81 bits per heavy atom. The highest BCUT2D eigenvalue weighted by Crippen LogP contribution is 2.42. The number of nitrogens with zero attached hydrogens (tertiary/aromatic N) is 1. The highest BCUT2D eigenvalue weighted by atomic mass is 28.3. The van der Waals surface area contributed by atoms with Gasteiger partial charge in [-0.05, 0) is 66.8 Å². The predicted molar refractivity (Wildman–Crippen MR) is 119 cm³/mol. The van der Waals surface area contributed by atoms with Gasteiger partial charge in [0.25, 0.3) is 0 Å². The maximum atomic E-state index is 8.95. The Kier molecular flexibility index (Phi) is 4.96. The van der Waals surface area contributed by atoms with Crippen LogP contribution in [-0.2, 0) is 0 Å². The number of rotatable bonds is 4. The van der Waals surface area contributed by atoms with Gasteiger partial charge in [-0.25, -0.2) is 0 Å². The molecule has 0 unspecified atom stereocenters. The quantitative estimate of drug-likeness (QED) is 0.545. The number of benzene rings is 2. The van der Waals surface area contributed by atoms with Crippen LogP contribution >= 0.6 is 0 Å². The van der Waals surface area contributed by atoms with Gasteiger partial charge in [-0.3, -0.25) is 0 Å². The summed E-state index contributed by atoms with van der Waals surface area (Å²) in [5, 5.41) is 1.49. The molecule has 2 aromatic rings. The van der Waals surface area contributed by atoms with Crippen molar-refractivity contribution in [3.05, 3.63) is 54.1 Å². The van der Waals surface area contributed by atoms with Gasteiger partial charge < -0.3 is 4.90 Å². The predicted octanol–water partition coefficient (Wildman–Crippen LogP) is 6.68. The fourth-order valence-corrected chi connectivity index (χ4v) is 4.94. The molecule has 1 aliphatic carbocycles. The van der Waals surface area contributed by atoms with E-state index in [9.17, 15) is 0 Å². The van der Waals surface area contributed by atoms with Crippen LogP contribution in [0.4, 0.5) is 11.4 Å². The molecule has 0 saturated heterocycles. The van der Waals surface area contributed by atoms with Crippen LogP contribution in [-0.4, -0.2) is 15.1 Å². The molecule has 1 fully saturated rings. The van der Waals surface area contributed by atoms with Crippen LogP contribution in [0.5, 0.6) is 0 Å². The summed E-state index contributed by atoms with van der Waals surface area (Å²) >= 11 is 0. The minimum atomic E-state index is -1.26. The minimum absolute atomic E-state index is 0.396. The number of hydrogen-bond donors (Lipinski definition) is 0. The Morgan fingerprint density at radius 2 is 1.35 bits per heavy atom. The molecule has 0 aromatic heterocycles. The minimum Gasteiger partial charge on any atom is -0.345 e. The van der Waals surface area contributed by atoms with Crippen molar-refractivity contribution in [2.75, 3.05) is 11.9 Å². The number of hydrogen-bond acceptors (Lipinski definition) is 1. The smallest absolute Gasteiger partial charge is 0.0775 e. The first-order valence-corrected chi connectivity index (χ1v) is 13.5. The Labute approximate surface area is 162 Å². The highest BCUT2D eigenvalue weighted by Gasteiger charge is 2.27. The van der Waals surface area contributed by atoms with Gasteiger partial charge in [0.15, 0.2) is 0 Å². The van der Waals surface area contributed by atoms with Crippen molar-refractivity contribution in [3.63, 3.8) is 0 Å². The SMILES string of the molecule is [2H]C1(c2ccc(N(C)c3ccc([Si](C)(C)C)cc3)cc2)CCC(C)(C)CC1. The Hall–Kier alpha value is -1.54.